The first-order valence-corrected chi connectivity index (χ1v) is 20.8. The molecule has 3 aromatic carbocycles. The maximum Gasteiger partial charge on any atom is 0.307 e. The first-order chi connectivity index (χ1) is 27.9. The minimum Gasteiger partial charge on any atom is -0.493 e. The quantitative estimate of drug-likeness (QED) is 0.0647. The van der Waals surface area contributed by atoms with Gasteiger partial charge in [-0.3, -0.25) is 14.6 Å². The van der Waals surface area contributed by atoms with Crippen molar-refractivity contribution in [2.24, 2.45) is 0 Å². The molecule has 0 fully saturated rings. The molecule has 0 bridgehead atoms. The molecule has 0 unspecified atom stereocenters. The minimum atomic E-state index is -0.119. The van der Waals surface area contributed by atoms with Gasteiger partial charge in [0, 0.05) is 37.8 Å². The third-order valence-corrected chi connectivity index (χ3v) is 11.6. The molecule has 2 aliphatic heterocycles. The van der Waals surface area contributed by atoms with E-state index in [1.165, 1.54) is 61.6 Å². The Kier molecular flexibility index (Phi) is 17.3. The van der Waals surface area contributed by atoms with E-state index in [-0.39, 0.29) is 12.0 Å². The molecular weight excluding hydrogens is 725 g/mol. The molecule has 5 rings (SSSR count). The van der Waals surface area contributed by atoms with Gasteiger partial charge in [0.25, 0.3) is 0 Å². The zero-order valence-corrected chi connectivity index (χ0v) is 35.5. The highest BCUT2D eigenvalue weighted by molar-refractivity contribution is 5.69. The molecule has 2 aliphatic rings. The van der Waals surface area contributed by atoms with Crippen LogP contribution in [0.1, 0.15) is 98.1 Å². The second-order valence-corrected chi connectivity index (χ2v) is 15.1. The third kappa shape index (κ3) is 11.6. The van der Waals surface area contributed by atoms with Gasteiger partial charge >= 0.3 is 5.97 Å². The van der Waals surface area contributed by atoms with Crippen LogP contribution in [0.3, 0.4) is 0 Å². The van der Waals surface area contributed by atoms with E-state index < -0.39 is 0 Å². The average molecular weight is 791 g/mol. The van der Waals surface area contributed by atoms with E-state index in [4.69, 9.17) is 37.9 Å². The summed E-state index contributed by atoms with van der Waals surface area (Å²) < 4.78 is 44.8. The first kappa shape index (κ1) is 43.8. The summed E-state index contributed by atoms with van der Waals surface area (Å²) >= 11 is 0. The van der Waals surface area contributed by atoms with Crippen molar-refractivity contribution < 1.29 is 42.7 Å². The molecule has 0 aliphatic carbocycles. The lowest BCUT2D eigenvalue weighted by atomic mass is 9.87. The molecule has 314 valence electrons. The van der Waals surface area contributed by atoms with Gasteiger partial charge in [-0.2, -0.15) is 0 Å². The highest BCUT2D eigenvalue weighted by Gasteiger charge is 2.30. The predicted octanol–water partition coefficient (Wildman–Crippen LogP) is 8.39. The number of rotatable bonds is 24. The Balaban J connectivity index is 0.959. The molecule has 1 atom stereocenters. The summed E-state index contributed by atoms with van der Waals surface area (Å²) in [4.78, 5) is 17.4. The lowest BCUT2D eigenvalue weighted by molar-refractivity contribution is -0.144. The van der Waals surface area contributed by atoms with Gasteiger partial charge in [0.2, 0.25) is 5.75 Å². The zero-order valence-electron chi connectivity index (χ0n) is 35.5. The second kappa shape index (κ2) is 22.6. The fourth-order valence-corrected chi connectivity index (χ4v) is 8.44. The lowest BCUT2D eigenvalue weighted by Gasteiger charge is -2.38. The first-order valence-electron chi connectivity index (χ1n) is 20.8. The van der Waals surface area contributed by atoms with Gasteiger partial charge in [0.15, 0.2) is 34.5 Å². The third-order valence-electron chi connectivity index (χ3n) is 11.6. The molecule has 0 saturated carbocycles. The number of fused-ring (bicyclic) bond motifs is 2. The summed E-state index contributed by atoms with van der Waals surface area (Å²) in [6.07, 6.45) is 13.7. The number of esters is 1. The molecule has 0 saturated heterocycles. The molecule has 57 heavy (non-hydrogen) atoms. The highest BCUT2D eigenvalue weighted by atomic mass is 16.5. The van der Waals surface area contributed by atoms with Gasteiger partial charge in [0.05, 0.1) is 62.8 Å². The summed E-state index contributed by atoms with van der Waals surface area (Å²) in [5, 5.41) is 0. The SMILES string of the molecule is COc1ccc(C[C@@H]2c3cc(OC)c(OC)cc3CCN2CCCCCCCCCCCOC(=O)CCN2CCc3c(cc(OC)c(OC)c3OC)C2)cc1OC. The Morgan fingerprint density at radius 1 is 0.596 bits per heavy atom. The Morgan fingerprint density at radius 3 is 1.88 bits per heavy atom. The fraction of sp³-hybridized carbons (Fsp3) is 0.587. The molecule has 0 spiro atoms. The van der Waals surface area contributed by atoms with E-state index in [2.05, 4.69) is 34.1 Å². The molecule has 0 aromatic heterocycles. The van der Waals surface area contributed by atoms with E-state index in [9.17, 15) is 4.79 Å². The highest BCUT2D eigenvalue weighted by Crippen LogP contribution is 2.44. The fourth-order valence-electron chi connectivity index (χ4n) is 8.44. The van der Waals surface area contributed by atoms with Crippen LogP contribution in [-0.4, -0.2) is 98.3 Å². The summed E-state index contributed by atoms with van der Waals surface area (Å²) in [7, 11) is 11.7. The van der Waals surface area contributed by atoms with Gasteiger partial charge in [-0.25, -0.2) is 0 Å². The molecule has 3 aromatic rings. The van der Waals surface area contributed by atoms with Gasteiger partial charge in [-0.05, 0) is 91.2 Å². The number of carbonyl (C=O) groups is 1. The van der Waals surface area contributed by atoms with Crippen LogP contribution in [0.25, 0.3) is 0 Å². The van der Waals surface area contributed by atoms with E-state index >= 15 is 0 Å². The van der Waals surface area contributed by atoms with Crippen molar-refractivity contribution in [3.8, 4) is 40.2 Å². The second-order valence-electron chi connectivity index (χ2n) is 15.1. The van der Waals surface area contributed by atoms with Gasteiger partial charge in [0.1, 0.15) is 0 Å². The molecule has 0 radical (unpaired) electrons. The molecule has 11 heteroatoms. The maximum atomic E-state index is 12.5. The number of hydrogen-bond acceptors (Lipinski definition) is 11. The Bertz CT molecular complexity index is 1730. The van der Waals surface area contributed by atoms with Gasteiger partial charge < -0.3 is 37.9 Å². The van der Waals surface area contributed by atoms with Gasteiger partial charge in [-0.15, -0.1) is 0 Å². The van der Waals surface area contributed by atoms with Crippen LogP contribution in [0.2, 0.25) is 0 Å². The molecule has 2 heterocycles. The minimum absolute atomic E-state index is 0.119. The summed E-state index contributed by atoms with van der Waals surface area (Å²) in [6, 6.07) is 12.8. The standard InChI is InChI=1S/C46H66N2O9/c1-50-39-18-17-33(28-40(39)51-2)27-38-37-31-42(53-4)41(52-3)29-34(37)19-25-48(38)22-15-13-11-9-8-10-12-14-16-26-57-44(49)21-24-47-23-20-36-35(32-47)30-43(54-5)46(56-7)45(36)55-6/h17-18,28-31,38H,8-16,19-27,32H2,1-7H3/t38-/m1/s1. The number of hydrogen-bond donors (Lipinski definition) is 0. The van der Waals surface area contributed by atoms with Crippen molar-refractivity contribution in [3.05, 3.63) is 64.2 Å². The van der Waals surface area contributed by atoms with Crippen LogP contribution in [-0.2, 0) is 35.3 Å². The van der Waals surface area contributed by atoms with Crippen LogP contribution in [0, 0.1) is 0 Å². The van der Waals surface area contributed by atoms with Crippen LogP contribution in [0.5, 0.6) is 40.2 Å². The van der Waals surface area contributed by atoms with Crippen LogP contribution in [0.15, 0.2) is 36.4 Å². The number of benzene rings is 3. The Morgan fingerprint density at radius 2 is 1.21 bits per heavy atom. The maximum absolute atomic E-state index is 12.5. The normalized spacial score (nSPS) is 15.3. The monoisotopic (exact) mass is 790 g/mol. The van der Waals surface area contributed by atoms with Gasteiger partial charge in [-0.1, -0.05) is 51.0 Å². The van der Waals surface area contributed by atoms with Crippen molar-refractivity contribution in [3.63, 3.8) is 0 Å². The van der Waals surface area contributed by atoms with Crippen molar-refractivity contribution >= 4 is 5.97 Å². The number of ether oxygens (including phenoxy) is 8. The van der Waals surface area contributed by atoms with Crippen molar-refractivity contribution in [1.82, 2.24) is 9.80 Å². The topological polar surface area (TPSA) is 97.4 Å². The zero-order chi connectivity index (χ0) is 40.6. The van der Waals surface area contributed by atoms with Crippen molar-refractivity contribution in [2.45, 2.75) is 96.1 Å². The summed E-state index contributed by atoms with van der Waals surface area (Å²) in [6.45, 7) is 4.85. The molecule has 0 N–H and O–H groups in total. The Labute approximate surface area is 340 Å². The largest absolute Gasteiger partial charge is 0.493 e. The number of carbonyl (C=O) groups excluding carboxylic acids is 1. The predicted molar refractivity (Wildman–Crippen MR) is 223 cm³/mol. The number of methoxy groups -OCH3 is 7. The van der Waals surface area contributed by atoms with E-state index in [1.807, 2.05) is 12.1 Å². The average Bonchev–Trinajstić information content (AvgIpc) is 3.24. The Hall–Kier alpha value is -4.35. The lowest BCUT2D eigenvalue weighted by Crippen LogP contribution is -2.37. The molecule has 11 nitrogen and oxygen atoms in total. The smallest absolute Gasteiger partial charge is 0.307 e. The van der Waals surface area contributed by atoms with E-state index in [1.54, 1.807) is 49.8 Å². The number of unbranched alkanes of at least 4 members (excludes halogenated alkanes) is 8. The molecule has 0 amide bonds. The van der Waals surface area contributed by atoms with Crippen LogP contribution >= 0.6 is 0 Å². The van der Waals surface area contributed by atoms with Crippen LogP contribution in [0.4, 0.5) is 0 Å². The number of nitrogens with zero attached hydrogens (tertiary/aromatic N) is 2. The van der Waals surface area contributed by atoms with Crippen molar-refractivity contribution in [2.75, 3.05) is 82.6 Å². The van der Waals surface area contributed by atoms with E-state index in [0.29, 0.717) is 31.1 Å². The summed E-state index contributed by atoms with van der Waals surface area (Å²) in [5.74, 6) is 4.97. The summed E-state index contributed by atoms with van der Waals surface area (Å²) in [5.41, 5.74) is 6.16. The van der Waals surface area contributed by atoms with Crippen LogP contribution < -0.4 is 33.2 Å². The molecular formula is C46H66N2O9. The van der Waals surface area contributed by atoms with Crippen molar-refractivity contribution in [1.29, 1.82) is 0 Å². The van der Waals surface area contributed by atoms with E-state index in [0.717, 1.165) is 98.2 Å².